The third kappa shape index (κ3) is 9.52. The van der Waals surface area contributed by atoms with Gasteiger partial charge in [-0.05, 0) is 79.1 Å². The molecular formula is C37H39F4N3O7. The summed E-state index contributed by atoms with van der Waals surface area (Å²) in [5.41, 5.74) is -5.01. The summed E-state index contributed by atoms with van der Waals surface area (Å²) in [5.74, 6) is -1.28. The van der Waals surface area contributed by atoms with Crippen LogP contribution in [0.25, 0.3) is 11.3 Å². The molecule has 0 aliphatic carbocycles. The summed E-state index contributed by atoms with van der Waals surface area (Å²) in [6.45, 7) is 1.66. The SMILES string of the molecule is CCCC(C)(NC(=O)OCc1ccccc1)c1cc(-c2ccc(F)cc2)nc(C(O)(CNC(=O)c2ccc(OCCO)c(OC)c2)C(F)(F)F)c1. The molecule has 0 spiro atoms. The second kappa shape index (κ2) is 16.7. The number of rotatable bonds is 15. The molecule has 0 aliphatic rings. The lowest BCUT2D eigenvalue weighted by molar-refractivity contribution is -0.265. The van der Waals surface area contributed by atoms with Crippen molar-refractivity contribution in [2.45, 2.75) is 50.6 Å². The Morgan fingerprint density at radius 2 is 1.65 bits per heavy atom. The fourth-order valence-corrected chi connectivity index (χ4v) is 5.32. The number of alkyl halides is 3. The van der Waals surface area contributed by atoms with Gasteiger partial charge in [0.05, 0.1) is 37.2 Å². The predicted molar refractivity (Wildman–Crippen MR) is 180 cm³/mol. The average molecular weight is 714 g/mol. The maximum atomic E-state index is 14.9. The Morgan fingerprint density at radius 3 is 2.27 bits per heavy atom. The van der Waals surface area contributed by atoms with Gasteiger partial charge < -0.3 is 35.1 Å². The van der Waals surface area contributed by atoms with Gasteiger partial charge in [0.25, 0.3) is 5.91 Å². The van der Waals surface area contributed by atoms with E-state index < -0.39 is 47.4 Å². The topological polar surface area (TPSA) is 139 Å². The minimum absolute atomic E-state index is 0.0542. The number of aromatic nitrogens is 1. The third-order valence-corrected chi connectivity index (χ3v) is 8.12. The highest BCUT2D eigenvalue weighted by molar-refractivity contribution is 5.95. The Balaban J connectivity index is 1.73. The van der Waals surface area contributed by atoms with Crippen LogP contribution in [0.15, 0.2) is 84.9 Å². The zero-order valence-corrected chi connectivity index (χ0v) is 28.2. The average Bonchev–Trinajstić information content (AvgIpc) is 3.12. The van der Waals surface area contributed by atoms with Gasteiger partial charge in [0.15, 0.2) is 11.5 Å². The summed E-state index contributed by atoms with van der Waals surface area (Å²) in [4.78, 5) is 30.3. The number of pyridine rings is 1. The molecule has 0 saturated carbocycles. The zero-order chi connectivity index (χ0) is 37.2. The summed E-state index contributed by atoms with van der Waals surface area (Å²) in [6.07, 6.45) is -5.49. The minimum atomic E-state index is -5.37. The summed E-state index contributed by atoms with van der Waals surface area (Å²) < 4.78 is 74.6. The van der Waals surface area contributed by atoms with Gasteiger partial charge in [-0.2, -0.15) is 13.2 Å². The van der Waals surface area contributed by atoms with Crippen LogP contribution in [0.5, 0.6) is 11.5 Å². The van der Waals surface area contributed by atoms with E-state index in [2.05, 4.69) is 15.6 Å². The number of methoxy groups -OCH3 is 1. The molecule has 0 bridgehead atoms. The standard InChI is InChI=1S/C37H39F4N3O7/c1-4-16-35(2,44-34(47)51-22-24-8-6-5-7-9-24)27-20-29(25-10-13-28(38)14-11-25)43-32(21-27)36(48,37(39,40)41)23-42-33(46)26-12-15-30(50-18-17-45)31(19-26)49-3/h5-15,19-21,45,48H,4,16-18,22-23H2,1-3H3,(H,42,46)(H,44,47). The van der Waals surface area contributed by atoms with Crippen LogP contribution < -0.4 is 20.1 Å². The zero-order valence-electron chi connectivity index (χ0n) is 28.2. The van der Waals surface area contributed by atoms with Gasteiger partial charge in [-0.1, -0.05) is 43.7 Å². The van der Waals surface area contributed by atoms with Gasteiger partial charge in [0.1, 0.15) is 19.0 Å². The lowest BCUT2D eigenvalue weighted by Gasteiger charge is -2.34. The van der Waals surface area contributed by atoms with Crippen molar-refractivity contribution in [1.29, 1.82) is 0 Å². The number of hydrogen-bond donors (Lipinski definition) is 4. The molecule has 10 nitrogen and oxygen atoms in total. The molecule has 0 aliphatic heterocycles. The van der Waals surface area contributed by atoms with E-state index in [1.807, 2.05) is 6.92 Å². The number of carbonyl (C=O) groups excluding carboxylic acids is 2. The van der Waals surface area contributed by atoms with Crippen LogP contribution >= 0.6 is 0 Å². The maximum absolute atomic E-state index is 14.9. The molecule has 2 unspecified atom stereocenters. The van der Waals surface area contributed by atoms with Crippen molar-refractivity contribution in [3.05, 3.63) is 113 Å². The molecule has 4 aromatic rings. The summed E-state index contributed by atoms with van der Waals surface area (Å²) in [7, 11) is 1.30. The van der Waals surface area contributed by atoms with Crippen molar-refractivity contribution in [2.24, 2.45) is 0 Å². The molecule has 3 aromatic carbocycles. The molecule has 1 heterocycles. The van der Waals surface area contributed by atoms with Crippen molar-refractivity contribution in [3.8, 4) is 22.8 Å². The quantitative estimate of drug-likeness (QED) is 0.104. The first kappa shape index (κ1) is 38.6. The van der Waals surface area contributed by atoms with E-state index in [-0.39, 0.29) is 60.1 Å². The van der Waals surface area contributed by atoms with Gasteiger partial charge in [-0.25, -0.2) is 14.2 Å². The van der Waals surface area contributed by atoms with Gasteiger partial charge in [0.2, 0.25) is 5.60 Å². The number of nitrogens with one attached hydrogen (secondary N) is 2. The van der Waals surface area contributed by atoms with Gasteiger partial charge >= 0.3 is 12.3 Å². The highest BCUT2D eigenvalue weighted by Gasteiger charge is 2.57. The monoisotopic (exact) mass is 713 g/mol. The number of carbonyl (C=O) groups is 2. The smallest absolute Gasteiger partial charge is 0.424 e. The van der Waals surface area contributed by atoms with Crippen molar-refractivity contribution >= 4 is 12.0 Å². The fraction of sp³-hybridized carbons (Fsp3) is 0.324. The lowest BCUT2D eigenvalue weighted by Crippen LogP contribution is -2.52. The molecule has 1 aromatic heterocycles. The molecule has 0 saturated heterocycles. The van der Waals surface area contributed by atoms with E-state index in [1.54, 1.807) is 37.3 Å². The second-order valence-corrected chi connectivity index (χ2v) is 11.9. The number of halogens is 4. The summed E-state index contributed by atoms with van der Waals surface area (Å²) in [6, 6.07) is 20.1. The maximum Gasteiger partial charge on any atom is 0.424 e. The number of hydrogen-bond acceptors (Lipinski definition) is 8. The Hall–Kier alpha value is -5.21. The van der Waals surface area contributed by atoms with Crippen LogP contribution in [-0.4, -0.2) is 60.2 Å². The highest BCUT2D eigenvalue weighted by Crippen LogP contribution is 2.41. The van der Waals surface area contributed by atoms with E-state index in [0.29, 0.717) is 6.42 Å². The molecule has 4 N–H and O–H groups in total. The van der Waals surface area contributed by atoms with Crippen LogP contribution in [-0.2, 0) is 22.5 Å². The van der Waals surface area contributed by atoms with Crippen molar-refractivity contribution < 1.29 is 51.6 Å². The number of nitrogens with zero attached hydrogens (tertiary/aromatic N) is 1. The van der Waals surface area contributed by atoms with Crippen molar-refractivity contribution in [1.82, 2.24) is 15.6 Å². The minimum Gasteiger partial charge on any atom is -0.493 e. The molecule has 2 atom stereocenters. The van der Waals surface area contributed by atoms with Gasteiger partial charge in [-0.3, -0.25) is 4.79 Å². The number of benzene rings is 3. The van der Waals surface area contributed by atoms with Crippen molar-refractivity contribution in [3.63, 3.8) is 0 Å². The van der Waals surface area contributed by atoms with E-state index in [1.165, 1.54) is 43.5 Å². The van der Waals surface area contributed by atoms with E-state index >= 15 is 0 Å². The summed E-state index contributed by atoms with van der Waals surface area (Å²) >= 11 is 0. The van der Waals surface area contributed by atoms with Gasteiger partial charge in [0, 0.05) is 11.1 Å². The number of aliphatic hydroxyl groups is 2. The third-order valence-electron chi connectivity index (χ3n) is 8.12. The highest BCUT2D eigenvalue weighted by atomic mass is 19.4. The van der Waals surface area contributed by atoms with Crippen LogP contribution in [0.1, 0.15) is 53.9 Å². The molecule has 2 amide bonds. The van der Waals surface area contributed by atoms with E-state index in [0.717, 1.165) is 23.8 Å². The Bertz CT molecular complexity index is 1790. The molecule has 14 heteroatoms. The molecule has 51 heavy (non-hydrogen) atoms. The largest absolute Gasteiger partial charge is 0.493 e. The number of aliphatic hydroxyl groups excluding tert-OH is 1. The second-order valence-electron chi connectivity index (χ2n) is 11.9. The van der Waals surface area contributed by atoms with Crippen LogP contribution in [0.2, 0.25) is 0 Å². The molecular weight excluding hydrogens is 674 g/mol. The van der Waals surface area contributed by atoms with E-state index in [9.17, 15) is 32.3 Å². The predicted octanol–water partition coefficient (Wildman–Crippen LogP) is 6.39. The Kier molecular flexibility index (Phi) is 12.6. The number of ether oxygens (including phenoxy) is 3. The van der Waals surface area contributed by atoms with Crippen LogP contribution in [0.4, 0.5) is 22.4 Å². The first-order valence-electron chi connectivity index (χ1n) is 16.0. The molecule has 4 rings (SSSR count). The van der Waals surface area contributed by atoms with Crippen molar-refractivity contribution in [2.75, 3.05) is 26.9 Å². The van der Waals surface area contributed by atoms with Gasteiger partial charge in [-0.15, -0.1) is 0 Å². The molecule has 272 valence electrons. The normalized spacial score (nSPS) is 13.7. The molecule has 0 radical (unpaired) electrons. The number of amides is 2. The van der Waals surface area contributed by atoms with Crippen LogP contribution in [0.3, 0.4) is 0 Å². The fourth-order valence-electron chi connectivity index (χ4n) is 5.32. The number of alkyl carbamates (subject to hydrolysis) is 1. The first-order chi connectivity index (χ1) is 24.2. The Morgan fingerprint density at radius 1 is 0.941 bits per heavy atom. The van der Waals surface area contributed by atoms with E-state index in [4.69, 9.17) is 19.3 Å². The van der Waals surface area contributed by atoms with Crippen LogP contribution in [0, 0.1) is 5.82 Å². The summed E-state index contributed by atoms with van der Waals surface area (Å²) in [5, 5.41) is 25.4. The first-order valence-corrected chi connectivity index (χ1v) is 16.0. The Labute approximate surface area is 292 Å². The molecule has 0 fully saturated rings. The lowest BCUT2D eigenvalue weighted by atomic mass is 9.84.